The molecule has 2 aliphatic carbocycles. The molecule has 0 spiro atoms. The molecule has 0 aromatic heterocycles. The number of hydrogen-bond acceptors (Lipinski definition) is 1. The highest BCUT2D eigenvalue weighted by Crippen LogP contribution is 2.44. The quantitative estimate of drug-likeness (QED) is 0.843. The van der Waals surface area contributed by atoms with E-state index in [1.807, 2.05) is 0 Å². The second-order valence-electron chi connectivity index (χ2n) is 6.93. The van der Waals surface area contributed by atoms with Gasteiger partial charge in [-0.05, 0) is 74.1 Å². The van der Waals surface area contributed by atoms with Gasteiger partial charge >= 0.3 is 0 Å². The fraction of sp³-hybridized carbons (Fsp3) is 0.684. The monoisotopic (exact) mass is 271 g/mol. The SMILES string of the molecule is CCC1(C(Cc2ccc3c(c2)CCC3)NC)CCCC1. The van der Waals surface area contributed by atoms with Crippen molar-refractivity contribution in [2.24, 2.45) is 5.41 Å². The molecule has 1 unspecified atom stereocenters. The minimum Gasteiger partial charge on any atom is -0.316 e. The summed E-state index contributed by atoms with van der Waals surface area (Å²) in [6.07, 6.45) is 12.2. The van der Waals surface area contributed by atoms with Gasteiger partial charge in [0.05, 0.1) is 0 Å². The Morgan fingerprint density at radius 3 is 2.55 bits per heavy atom. The lowest BCUT2D eigenvalue weighted by Crippen LogP contribution is -2.43. The average Bonchev–Trinajstić information content (AvgIpc) is 3.13. The summed E-state index contributed by atoms with van der Waals surface area (Å²) < 4.78 is 0. The van der Waals surface area contributed by atoms with Crippen LogP contribution in [0.5, 0.6) is 0 Å². The average molecular weight is 271 g/mol. The van der Waals surface area contributed by atoms with Crippen LogP contribution in [0, 0.1) is 5.41 Å². The van der Waals surface area contributed by atoms with Crippen molar-refractivity contribution in [1.29, 1.82) is 0 Å². The summed E-state index contributed by atoms with van der Waals surface area (Å²) >= 11 is 0. The van der Waals surface area contributed by atoms with Gasteiger partial charge in [0.15, 0.2) is 0 Å². The second kappa shape index (κ2) is 5.89. The maximum atomic E-state index is 3.65. The Hall–Kier alpha value is -0.820. The van der Waals surface area contributed by atoms with E-state index in [1.54, 1.807) is 16.7 Å². The van der Waals surface area contributed by atoms with E-state index in [-0.39, 0.29) is 0 Å². The van der Waals surface area contributed by atoms with Crippen molar-refractivity contribution in [3.8, 4) is 0 Å². The van der Waals surface area contributed by atoms with Crippen LogP contribution >= 0.6 is 0 Å². The Balaban J connectivity index is 1.77. The van der Waals surface area contributed by atoms with Gasteiger partial charge < -0.3 is 5.32 Å². The molecule has 1 nitrogen and oxygen atoms in total. The number of likely N-dealkylation sites (N-methyl/N-ethyl adjacent to an activating group) is 1. The summed E-state index contributed by atoms with van der Waals surface area (Å²) in [4.78, 5) is 0. The lowest BCUT2D eigenvalue weighted by Gasteiger charge is -2.37. The van der Waals surface area contributed by atoms with Crippen molar-refractivity contribution in [2.75, 3.05) is 7.05 Å². The van der Waals surface area contributed by atoms with Gasteiger partial charge in [0.1, 0.15) is 0 Å². The molecule has 1 aromatic rings. The molecular formula is C19H29N. The zero-order valence-corrected chi connectivity index (χ0v) is 13.2. The molecule has 0 bridgehead atoms. The lowest BCUT2D eigenvalue weighted by molar-refractivity contribution is 0.192. The van der Waals surface area contributed by atoms with Gasteiger partial charge in [-0.25, -0.2) is 0 Å². The number of aryl methyl sites for hydroxylation is 2. The molecule has 0 heterocycles. The molecular weight excluding hydrogens is 242 g/mol. The van der Waals surface area contributed by atoms with Crippen molar-refractivity contribution in [2.45, 2.75) is 70.8 Å². The zero-order chi connectivity index (χ0) is 14.0. The Morgan fingerprint density at radius 2 is 1.85 bits per heavy atom. The molecule has 0 radical (unpaired) electrons. The summed E-state index contributed by atoms with van der Waals surface area (Å²) in [6, 6.07) is 7.91. The minimum absolute atomic E-state index is 0.549. The van der Waals surface area contributed by atoms with E-state index < -0.39 is 0 Å². The first-order valence-corrected chi connectivity index (χ1v) is 8.55. The Bertz CT molecular complexity index is 457. The Kier molecular flexibility index (Phi) is 4.16. The molecule has 3 rings (SSSR count). The molecule has 0 amide bonds. The summed E-state index contributed by atoms with van der Waals surface area (Å²) in [5.74, 6) is 0. The van der Waals surface area contributed by atoms with Crippen LogP contribution < -0.4 is 5.32 Å². The molecule has 0 saturated heterocycles. The van der Waals surface area contributed by atoms with Crippen LogP contribution in [-0.4, -0.2) is 13.1 Å². The third kappa shape index (κ3) is 2.53. The van der Waals surface area contributed by atoms with E-state index in [2.05, 4.69) is 37.5 Å². The smallest absolute Gasteiger partial charge is 0.0161 e. The van der Waals surface area contributed by atoms with E-state index >= 15 is 0 Å². The maximum Gasteiger partial charge on any atom is 0.0161 e. The first-order valence-electron chi connectivity index (χ1n) is 8.55. The Labute approximate surface area is 124 Å². The van der Waals surface area contributed by atoms with Crippen LogP contribution in [0.25, 0.3) is 0 Å². The van der Waals surface area contributed by atoms with Crippen LogP contribution in [-0.2, 0) is 19.3 Å². The van der Waals surface area contributed by atoms with E-state index in [9.17, 15) is 0 Å². The van der Waals surface area contributed by atoms with Crippen molar-refractivity contribution >= 4 is 0 Å². The van der Waals surface area contributed by atoms with E-state index in [0.29, 0.717) is 11.5 Å². The highest BCUT2D eigenvalue weighted by atomic mass is 14.9. The van der Waals surface area contributed by atoms with Crippen molar-refractivity contribution in [3.63, 3.8) is 0 Å². The predicted octanol–water partition coefficient (Wildman–Crippen LogP) is 4.28. The van der Waals surface area contributed by atoms with Gasteiger partial charge in [-0.1, -0.05) is 38.0 Å². The van der Waals surface area contributed by atoms with Crippen LogP contribution in [0.3, 0.4) is 0 Å². The van der Waals surface area contributed by atoms with Gasteiger partial charge in [0, 0.05) is 6.04 Å². The molecule has 1 atom stereocenters. The number of hydrogen-bond donors (Lipinski definition) is 1. The summed E-state index contributed by atoms with van der Waals surface area (Å²) in [5, 5.41) is 3.65. The van der Waals surface area contributed by atoms with Gasteiger partial charge in [-0.2, -0.15) is 0 Å². The molecule has 1 heteroatoms. The second-order valence-corrected chi connectivity index (χ2v) is 6.93. The van der Waals surface area contributed by atoms with Crippen molar-refractivity contribution < 1.29 is 0 Å². The predicted molar refractivity (Wildman–Crippen MR) is 86.2 cm³/mol. The molecule has 0 aliphatic heterocycles. The molecule has 2 aliphatic rings. The van der Waals surface area contributed by atoms with E-state index in [0.717, 1.165) is 0 Å². The first-order chi connectivity index (χ1) is 9.77. The van der Waals surface area contributed by atoms with Crippen molar-refractivity contribution in [1.82, 2.24) is 5.32 Å². The normalized spacial score (nSPS) is 21.9. The van der Waals surface area contributed by atoms with Gasteiger partial charge in [0.25, 0.3) is 0 Å². The van der Waals surface area contributed by atoms with Gasteiger partial charge in [0.2, 0.25) is 0 Å². The number of benzene rings is 1. The molecule has 110 valence electrons. The Morgan fingerprint density at radius 1 is 1.10 bits per heavy atom. The maximum absolute atomic E-state index is 3.65. The van der Waals surface area contributed by atoms with Crippen LogP contribution in [0.4, 0.5) is 0 Å². The van der Waals surface area contributed by atoms with E-state index in [1.165, 1.54) is 57.8 Å². The summed E-state index contributed by atoms with van der Waals surface area (Å²) in [6.45, 7) is 2.39. The molecule has 1 fully saturated rings. The topological polar surface area (TPSA) is 12.0 Å². The summed E-state index contributed by atoms with van der Waals surface area (Å²) in [5.41, 5.74) is 5.31. The van der Waals surface area contributed by atoms with E-state index in [4.69, 9.17) is 0 Å². The third-order valence-corrected chi connectivity index (χ3v) is 5.99. The third-order valence-electron chi connectivity index (χ3n) is 5.99. The number of nitrogens with one attached hydrogen (secondary N) is 1. The van der Waals surface area contributed by atoms with Crippen LogP contribution in [0.1, 0.15) is 62.1 Å². The molecule has 1 N–H and O–H groups in total. The molecule has 1 saturated carbocycles. The zero-order valence-electron chi connectivity index (χ0n) is 13.2. The fourth-order valence-corrected chi connectivity index (χ4v) is 4.64. The van der Waals surface area contributed by atoms with Crippen molar-refractivity contribution in [3.05, 3.63) is 34.9 Å². The van der Waals surface area contributed by atoms with Crippen LogP contribution in [0.15, 0.2) is 18.2 Å². The number of fused-ring (bicyclic) bond motifs is 1. The molecule has 1 aromatic carbocycles. The minimum atomic E-state index is 0.549. The fourth-order valence-electron chi connectivity index (χ4n) is 4.64. The van der Waals surface area contributed by atoms with Gasteiger partial charge in [-0.15, -0.1) is 0 Å². The first kappa shape index (κ1) is 14.1. The summed E-state index contributed by atoms with van der Waals surface area (Å²) in [7, 11) is 2.16. The van der Waals surface area contributed by atoms with Gasteiger partial charge in [-0.3, -0.25) is 0 Å². The van der Waals surface area contributed by atoms with Crippen LogP contribution in [0.2, 0.25) is 0 Å². The molecule has 20 heavy (non-hydrogen) atoms. The highest BCUT2D eigenvalue weighted by Gasteiger charge is 2.38. The lowest BCUT2D eigenvalue weighted by atomic mass is 9.74. The number of rotatable bonds is 5. The largest absolute Gasteiger partial charge is 0.316 e. The highest BCUT2D eigenvalue weighted by molar-refractivity contribution is 5.35. The standard InChI is InChI=1S/C19H29N/c1-3-19(11-4-5-12-19)18(20-2)14-15-9-10-16-7-6-8-17(16)13-15/h9-10,13,18,20H,3-8,11-12,14H2,1-2H3.